The zero-order valence-corrected chi connectivity index (χ0v) is 13.2. The Kier molecular flexibility index (Phi) is 3.82. The van der Waals surface area contributed by atoms with Gasteiger partial charge in [-0.05, 0) is 18.2 Å². The van der Waals surface area contributed by atoms with Crippen molar-refractivity contribution in [3.05, 3.63) is 58.5 Å². The molecule has 5 nitrogen and oxygen atoms in total. The molecule has 1 unspecified atom stereocenters. The number of benzene rings is 1. The van der Waals surface area contributed by atoms with Crippen molar-refractivity contribution in [2.75, 3.05) is 6.54 Å². The lowest BCUT2D eigenvalue weighted by molar-refractivity contribution is -0.0506. The molecule has 3 heterocycles. The van der Waals surface area contributed by atoms with E-state index in [1.54, 1.807) is 34.8 Å². The van der Waals surface area contributed by atoms with Crippen LogP contribution in [0.25, 0.3) is 5.65 Å². The lowest BCUT2D eigenvalue weighted by atomic mass is 9.97. The molecule has 1 aliphatic heterocycles. The van der Waals surface area contributed by atoms with Gasteiger partial charge in [0.05, 0.1) is 17.4 Å². The molecule has 0 saturated heterocycles. The highest BCUT2D eigenvalue weighted by Gasteiger charge is 2.29. The summed E-state index contributed by atoms with van der Waals surface area (Å²) < 4.78 is 31.8. The molecule has 0 bridgehead atoms. The molecule has 0 saturated carbocycles. The van der Waals surface area contributed by atoms with Crippen LogP contribution in [0.2, 0.25) is 5.15 Å². The molecule has 8 heteroatoms. The van der Waals surface area contributed by atoms with Crippen LogP contribution in [0.3, 0.4) is 0 Å². The number of hydrogen-bond donors (Lipinski definition) is 1. The second-order valence-electron chi connectivity index (χ2n) is 5.42. The van der Waals surface area contributed by atoms with Crippen LogP contribution in [-0.4, -0.2) is 27.8 Å². The summed E-state index contributed by atoms with van der Waals surface area (Å²) in [6.45, 7) is -2.21. The topological polar surface area (TPSA) is 51.5 Å². The van der Waals surface area contributed by atoms with Gasteiger partial charge in [-0.15, -0.1) is 0 Å². The van der Waals surface area contributed by atoms with Crippen LogP contribution >= 0.6 is 11.6 Å². The molecule has 24 heavy (non-hydrogen) atoms. The molecule has 2 aromatic heterocycles. The molecule has 0 radical (unpaired) electrons. The van der Waals surface area contributed by atoms with Gasteiger partial charge in [-0.2, -0.15) is 13.9 Å². The lowest BCUT2D eigenvalue weighted by Gasteiger charge is -2.25. The molecular weight excluding hydrogens is 338 g/mol. The average molecular weight is 351 g/mol. The van der Waals surface area contributed by atoms with Crippen LogP contribution in [0.5, 0.6) is 5.75 Å². The van der Waals surface area contributed by atoms with Crippen molar-refractivity contribution in [2.24, 2.45) is 0 Å². The van der Waals surface area contributed by atoms with Gasteiger partial charge in [0.15, 0.2) is 5.65 Å². The Hall–Kier alpha value is -2.25. The highest BCUT2D eigenvalue weighted by molar-refractivity contribution is 6.29. The minimum atomic E-state index is -2.89. The first-order valence-corrected chi connectivity index (χ1v) is 7.82. The fourth-order valence-electron chi connectivity index (χ4n) is 3.06. The number of imidazole rings is 1. The van der Waals surface area contributed by atoms with Crippen molar-refractivity contribution < 1.29 is 13.5 Å². The number of hydrogen-bond acceptors (Lipinski definition) is 4. The predicted molar refractivity (Wildman–Crippen MR) is 84.6 cm³/mol. The molecule has 1 aliphatic rings. The van der Waals surface area contributed by atoms with Gasteiger partial charge in [-0.25, -0.2) is 9.50 Å². The quantitative estimate of drug-likeness (QED) is 0.788. The van der Waals surface area contributed by atoms with Crippen molar-refractivity contribution in [1.82, 2.24) is 19.9 Å². The number of halogens is 3. The van der Waals surface area contributed by atoms with E-state index >= 15 is 0 Å². The molecule has 0 amide bonds. The van der Waals surface area contributed by atoms with Crippen LogP contribution < -0.4 is 10.1 Å². The van der Waals surface area contributed by atoms with Gasteiger partial charge >= 0.3 is 6.61 Å². The largest absolute Gasteiger partial charge is 0.434 e. The van der Waals surface area contributed by atoms with E-state index in [2.05, 4.69) is 20.1 Å². The van der Waals surface area contributed by atoms with E-state index in [9.17, 15) is 8.78 Å². The number of fused-ring (bicyclic) bond motifs is 3. The van der Waals surface area contributed by atoms with Crippen LogP contribution in [0.1, 0.15) is 23.0 Å². The van der Waals surface area contributed by atoms with E-state index in [1.165, 1.54) is 6.07 Å². The Morgan fingerprint density at radius 2 is 2.08 bits per heavy atom. The summed E-state index contributed by atoms with van der Waals surface area (Å²) in [4.78, 5) is 4.57. The smallest absolute Gasteiger partial charge is 0.387 e. The van der Waals surface area contributed by atoms with Gasteiger partial charge in [0.2, 0.25) is 0 Å². The maximum absolute atomic E-state index is 12.7. The van der Waals surface area contributed by atoms with Crippen LogP contribution in [0, 0.1) is 0 Å². The summed E-state index contributed by atoms with van der Waals surface area (Å²) >= 11 is 6.01. The first-order valence-electron chi connectivity index (χ1n) is 7.44. The zero-order chi connectivity index (χ0) is 16.7. The van der Waals surface area contributed by atoms with Crippen molar-refractivity contribution in [3.63, 3.8) is 0 Å². The number of nitrogens with one attached hydrogen (secondary N) is 1. The fourth-order valence-corrected chi connectivity index (χ4v) is 3.20. The number of para-hydroxylation sites is 1. The van der Waals surface area contributed by atoms with Gasteiger partial charge < -0.3 is 10.1 Å². The first kappa shape index (κ1) is 15.3. The van der Waals surface area contributed by atoms with Crippen molar-refractivity contribution in [1.29, 1.82) is 0 Å². The second kappa shape index (κ2) is 5.99. The van der Waals surface area contributed by atoms with Crippen LogP contribution in [0.4, 0.5) is 8.78 Å². The molecule has 3 aromatic rings. The SMILES string of the molecule is FC(F)Oc1ccccc1C1NCCc2nc3ccc(Cl)nn3c21. The summed E-state index contributed by atoms with van der Waals surface area (Å²) in [5, 5.41) is 7.98. The van der Waals surface area contributed by atoms with E-state index in [-0.39, 0.29) is 11.8 Å². The highest BCUT2D eigenvalue weighted by atomic mass is 35.5. The number of aromatic nitrogens is 3. The summed E-state index contributed by atoms with van der Waals surface area (Å²) in [6, 6.07) is 9.83. The monoisotopic (exact) mass is 350 g/mol. The molecule has 1 aromatic carbocycles. The van der Waals surface area contributed by atoms with Gasteiger partial charge in [-0.1, -0.05) is 29.8 Å². The van der Waals surface area contributed by atoms with Gasteiger partial charge in [0.1, 0.15) is 10.9 Å². The van der Waals surface area contributed by atoms with Crippen LogP contribution in [0.15, 0.2) is 36.4 Å². The van der Waals surface area contributed by atoms with E-state index in [1.807, 2.05) is 0 Å². The van der Waals surface area contributed by atoms with E-state index in [0.717, 1.165) is 17.8 Å². The van der Waals surface area contributed by atoms with Gasteiger partial charge in [-0.3, -0.25) is 0 Å². The summed E-state index contributed by atoms with van der Waals surface area (Å²) in [5.74, 6) is 0.134. The Balaban J connectivity index is 1.88. The predicted octanol–water partition coefficient (Wildman–Crippen LogP) is 3.22. The Morgan fingerprint density at radius 3 is 2.92 bits per heavy atom. The van der Waals surface area contributed by atoms with E-state index in [4.69, 9.17) is 11.6 Å². The number of ether oxygens (including phenoxy) is 1. The Morgan fingerprint density at radius 1 is 1.25 bits per heavy atom. The summed E-state index contributed by atoms with van der Waals surface area (Å²) in [7, 11) is 0. The normalized spacial score (nSPS) is 17.2. The molecule has 1 N–H and O–H groups in total. The molecule has 0 spiro atoms. The third kappa shape index (κ3) is 2.59. The van der Waals surface area contributed by atoms with Crippen molar-refractivity contribution in [2.45, 2.75) is 19.1 Å². The Labute approximate surface area is 141 Å². The molecular formula is C16H13ClF2N4O. The van der Waals surface area contributed by atoms with Crippen molar-refractivity contribution in [3.8, 4) is 5.75 Å². The minimum absolute atomic E-state index is 0.134. The minimum Gasteiger partial charge on any atom is -0.434 e. The molecule has 0 fully saturated rings. The standard InChI is InChI=1S/C16H13ClF2N4O/c17-12-5-6-13-21-10-7-8-20-14(15(10)23(13)22-12)9-3-1-2-4-11(9)24-16(18)19/h1-6,14,16,20H,7-8H2. The molecule has 124 valence electrons. The van der Waals surface area contributed by atoms with E-state index in [0.29, 0.717) is 22.9 Å². The van der Waals surface area contributed by atoms with E-state index < -0.39 is 6.61 Å². The van der Waals surface area contributed by atoms with Gasteiger partial charge in [0.25, 0.3) is 0 Å². The molecule has 0 aliphatic carbocycles. The first-order chi connectivity index (χ1) is 11.6. The highest BCUT2D eigenvalue weighted by Crippen LogP contribution is 2.34. The fraction of sp³-hybridized carbons (Fsp3) is 0.250. The number of alkyl halides is 2. The maximum atomic E-state index is 12.7. The third-order valence-electron chi connectivity index (χ3n) is 3.99. The maximum Gasteiger partial charge on any atom is 0.387 e. The average Bonchev–Trinajstić information content (AvgIpc) is 2.93. The second-order valence-corrected chi connectivity index (χ2v) is 5.81. The summed E-state index contributed by atoms with van der Waals surface area (Å²) in [5.41, 5.74) is 2.96. The third-order valence-corrected chi connectivity index (χ3v) is 4.19. The summed E-state index contributed by atoms with van der Waals surface area (Å²) in [6.07, 6.45) is 0.727. The zero-order valence-electron chi connectivity index (χ0n) is 12.4. The lowest BCUT2D eigenvalue weighted by Crippen LogP contribution is -2.32. The number of nitrogens with zero attached hydrogens (tertiary/aromatic N) is 3. The van der Waals surface area contributed by atoms with Crippen molar-refractivity contribution >= 4 is 17.2 Å². The molecule has 4 rings (SSSR count). The van der Waals surface area contributed by atoms with Crippen LogP contribution in [-0.2, 0) is 6.42 Å². The van der Waals surface area contributed by atoms with Gasteiger partial charge in [0, 0.05) is 18.5 Å². The number of rotatable bonds is 3. The Bertz CT molecular complexity index is 899. The molecule has 1 atom stereocenters.